The number of hydrogen-bond donors (Lipinski definition) is 0. The number of aromatic nitrogens is 1. The first-order valence-electron chi connectivity index (χ1n) is 2.09. The van der Waals surface area contributed by atoms with Gasteiger partial charge in [-0.3, -0.25) is 0 Å². The first-order chi connectivity index (χ1) is 4.20. The average molecular weight is 149 g/mol. The minimum Gasteiger partial charge on any atom is -0.189 e. The van der Waals surface area contributed by atoms with Crippen LogP contribution in [0.25, 0.3) is 0 Å². The highest BCUT2D eigenvalue weighted by Crippen LogP contribution is 2.09. The molecule has 0 amide bonds. The minimum atomic E-state index is -1.03. The van der Waals surface area contributed by atoms with E-state index < -0.39 is 11.9 Å². The highest BCUT2D eigenvalue weighted by atomic mass is 35.5. The maximum absolute atomic E-state index is 12.1. The van der Waals surface area contributed by atoms with Gasteiger partial charge in [0.1, 0.15) is 5.02 Å². The average Bonchev–Trinajstić information content (AvgIpc) is 1.80. The van der Waals surface area contributed by atoms with Gasteiger partial charge in [0, 0.05) is 12.1 Å². The molecule has 0 aliphatic heterocycles. The van der Waals surface area contributed by atoms with E-state index in [2.05, 4.69) is 11.1 Å². The van der Waals surface area contributed by atoms with E-state index in [1.807, 2.05) is 0 Å². The van der Waals surface area contributed by atoms with Gasteiger partial charge < -0.3 is 0 Å². The molecule has 1 radical (unpaired) electrons. The summed E-state index contributed by atoms with van der Waals surface area (Å²) in [6, 6.07) is 2.99. The molecule has 1 rings (SSSR count). The molecule has 1 aromatic heterocycles. The second-order valence-corrected chi connectivity index (χ2v) is 1.71. The van der Waals surface area contributed by atoms with Gasteiger partial charge in [-0.2, -0.15) is 13.8 Å². The quantitative estimate of drug-likeness (QED) is 0.512. The molecule has 0 atom stereocenters. The molecule has 0 fully saturated rings. The van der Waals surface area contributed by atoms with Gasteiger partial charge >= 0.3 is 0 Å². The molecule has 1 aromatic rings. The Labute approximate surface area is 55.3 Å². The molecule has 0 aliphatic carbocycles. The van der Waals surface area contributed by atoms with Crippen molar-refractivity contribution >= 4 is 11.6 Å². The van der Waals surface area contributed by atoms with Crippen LogP contribution in [0.15, 0.2) is 6.07 Å². The van der Waals surface area contributed by atoms with Gasteiger partial charge in [-0.25, -0.2) is 0 Å². The van der Waals surface area contributed by atoms with E-state index in [-0.39, 0.29) is 5.02 Å². The molecule has 0 saturated heterocycles. The van der Waals surface area contributed by atoms with Crippen LogP contribution in [0.3, 0.4) is 0 Å². The first kappa shape index (κ1) is 6.42. The molecule has 0 aromatic carbocycles. The van der Waals surface area contributed by atoms with Crippen LogP contribution < -0.4 is 0 Å². The van der Waals surface area contributed by atoms with Gasteiger partial charge in [-0.05, 0) is 0 Å². The maximum atomic E-state index is 12.1. The summed E-state index contributed by atoms with van der Waals surface area (Å²) in [5.41, 5.74) is 0. The third-order valence-corrected chi connectivity index (χ3v) is 0.969. The Morgan fingerprint density at radius 2 is 2.22 bits per heavy atom. The molecule has 0 aliphatic rings. The van der Waals surface area contributed by atoms with Crippen molar-refractivity contribution in [3.8, 4) is 0 Å². The lowest BCUT2D eigenvalue weighted by Crippen LogP contribution is -1.87. The Morgan fingerprint density at radius 1 is 1.56 bits per heavy atom. The summed E-state index contributed by atoms with van der Waals surface area (Å²) in [5.74, 6) is -1.95. The van der Waals surface area contributed by atoms with Gasteiger partial charge in [0.05, 0.1) is 0 Å². The molecule has 0 unspecified atom stereocenters. The van der Waals surface area contributed by atoms with Gasteiger partial charge in [0.15, 0.2) is 0 Å². The number of pyridine rings is 1. The van der Waals surface area contributed by atoms with Crippen molar-refractivity contribution < 1.29 is 8.78 Å². The topological polar surface area (TPSA) is 12.9 Å². The molecular formula is C5HClF2N. The van der Waals surface area contributed by atoms with Crippen LogP contribution in [0.5, 0.6) is 0 Å². The van der Waals surface area contributed by atoms with Crippen molar-refractivity contribution in [1.82, 2.24) is 4.98 Å². The predicted octanol–water partition coefficient (Wildman–Crippen LogP) is 1.81. The molecule has 9 heavy (non-hydrogen) atoms. The Bertz CT molecular complexity index is 226. The van der Waals surface area contributed by atoms with E-state index in [9.17, 15) is 8.78 Å². The van der Waals surface area contributed by atoms with Crippen LogP contribution in [-0.4, -0.2) is 4.98 Å². The summed E-state index contributed by atoms with van der Waals surface area (Å²) in [4.78, 5) is 2.78. The highest BCUT2D eigenvalue weighted by Gasteiger charge is 2.00. The summed E-state index contributed by atoms with van der Waals surface area (Å²) < 4.78 is 24.0. The Hall–Kier alpha value is -0.700. The fraction of sp³-hybridized carbons (Fsp3) is 0. The summed E-state index contributed by atoms with van der Waals surface area (Å²) in [6.45, 7) is 0. The van der Waals surface area contributed by atoms with Crippen LogP contribution in [0.1, 0.15) is 0 Å². The SMILES string of the molecule is Fc1c[c]c(Cl)c(F)n1. The third kappa shape index (κ3) is 1.36. The molecule has 0 saturated carbocycles. The fourth-order valence-electron chi connectivity index (χ4n) is 0.358. The van der Waals surface area contributed by atoms with Crippen LogP contribution >= 0.6 is 11.6 Å². The molecule has 0 spiro atoms. The molecule has 4 heteroatoms. The third-order valence-electron chi connectivity index (χ3n) is 0.704. The molecule has 0 N–H and O–H groups in total. The van der Waals surface area contributed by atoms with Gasteiger partial charge in [0.2, 0.25) is 11.9 Å². The van der Waals surface area contributed by atoms with Crippen molar-refractivity contribution in [3.63, 3.8) is 0 Å². The van der Waals surface area contributed by atoms with Crippen molar-refractivity contribution in [2.24, 2.45) is 0 Å². The molecule has 1 heterocycles. The van der Waals surface area contributed by atoms with Crippen LogP contribution in [0.2, 0.25) is 5.02 Å². The van der Waals surface area contributed by atoms with Crippen molar-refractivity contribution in [3.05, 3.63) is 29.1 Å². The summed E-state index contributed by atoms with van der Waals surface area (Å²) in [6.07, 6.45) is 0. The first-order valence-corrected chi connectivity index (χ1v) is 2.47. The second kappa shape index (κ2) is 2.27. The number of nitrogens with zero attached hydrogens (tertiary/aromatic N) is 1. The Balaban J connectivity index is 3.17. The lowest BCUT2D eigenvalue weighted by Gasteiger charge is -1.88. The summed E-state index contributed by atoms with van der Waals surface area (Å²) in [5, 5.41) is -0.295. The molecule has 0 bridgehead atoms. The van der Waals surface area contributed by atoms with Gasteiger partial charge in [-0.1, -0.05) is 11.6 Å². The zero-order valence-electron chi connectivity index (χ0n) is 4.16. The second-order valence-electron chi connectivity index (χ2n) is 1.33. The normalized spacial score (nSPS) is 9.67. The van der Waals surface area contributed by atoms with Crippen LogP contribution in [-0.2, 0) is 0 Å². The van der Waals surface area contributed by atoms with Crippen LogP contribution in [0.4, 0.5) is 8.78 Å². The maximum Gasteiger partial charge on any atom is 0.234 e. The lowest BCUT2D eigenvalue weighted by atomic mass is 10.5. The Kier molecular flexibility index (Phi) is 1.62. The van der Waals surface area contributed by atoms with Crippen molar-refractivity contribution in [2.75, 3.05) is 0 Å². The predicted molar refractivity (Wildman–Crippen MR) is 28.0 cm³/mol. The van der Waals surface area contributed by atoms with E-state index in [0.717, 1.165) is 6.07 Å². The van der Waals surface area contributed by atoms with Crippen molar-refractivity contribution in [2.45, 2.75) is 0 Å². The largest absolute Gasteiger partial charge is 0.234 e. The lowest BCUT2D eigenvalue weighted by molar-refractivity contribution is 0.512. The highest BCUT2D eigenvalue weighted by molar-refractivity contribution is 6.30. The molecule has 47 valence electrons. The zero-order chi connectivity index (χ0) is 6.85. The number of hydrogen-bond acceptors (Lipinski definition) is 1. The molecule has 1 nitrogen and oxygen atoms in total. The van der Waals surface area contributed by atoms with E-state index in [1.54, 1.807) is 0 Å². The standard InChI is InChI=1S/C5HClF2N/c6-3-1-2-4(7)9-5(3)8/h2H. The van der Waals surface area contributed by atoms with E-state index in [0.29, 0.717) is 0 Å². The van der Waals surface area contributed by atoms with E-state index in [1.165, 1.54) is 0 Å². The van der Waals surface area contributed by atoms with Crippen molar-refractivity contribution in [1.29, 1.82) is 0 Å². The molecular weight excluding hydrogens is 148 g/mol. The fourth-order valence-corrected chi connectivity index (χ4v) is 0.454. The van der Waals surface area contributed by atoms with E-state index >= 15 is 0 Å². The smallest absolute Gasteiger partial charge is 0.189 e. The van der Waals surface area contributed by atoms with E-state index in [4.69, 9.17) is 11.6 Å². The summed E-state index contributed by atoms with van der Waals surface area (Å²) >= 11 is 5.12. The Morgan fingerprint density at radius 3 is 2.67 bits per heavy atom. The summed E-state index contributed by atoms with van der Waals surface area (Å²) in [7, 11) is 0. The monoisotopic (exact) mass is 148 g/mol. The van der Waals surface area contributed by atoms with Crippen LogP contribution in [0, 0.1) is 18.0 Å². The number of rotatable bonds is 0. The van der Waals surface area contributed by atoms with Gasteiger partial charge in [-0.15, -0.1) is 0 Å². The minimum absolute atomic E-state index is 0.295. The van der Waals surface area contributed by atoms with Gasteiger partial charge in [0.25, 0.3) is 0 Å². The zero-order valence-corrected chi connectivity index (χ0v) is 4.91. The number of halogens is 3.